The highest BCUT2D eigenvalue weighted by molar-refractivity contribution is 5.38. The Balaban J connectivity index is 3.02. The Morgan fingerprint density at radius 3 is 2.43 bits per heavy atom. The highest BCUT2D eigenvalue weighted by Gasteiger charge is 2.23. The van der Waals surface area contributed by atoms with E-state index in [-0.39, 0.29) is 6.10 Å². The molecule has 0 spiro atoms. The molecule has 0 aromatic heterocycles. The Morgan fingerprint density at radius 1 is 1.21 bits per heavy atom. The molecular weight excluding hydrogens is 172 g/mol. The van der Waals surface area contributed by atoms with Crippen LogP contribution in [0.1, 0.15) is 33.6 Å². The van der Waals surface area contributed by atoms with Gasteiger partial charge in [0, 0.05) is 0 Å². The number of hydrogen-bond donors (Lipinski definition) is 1. The maximum atomic E-state index is 10.0. The van der Waals surface area contributed by atoms with Crippen molar-refractivity contribution < 1.29 is 5.11 Å². The molecule has 1 aliphatic carbocycles. The molecule has 0 heterocycles. The third kappa shape index (κ3) is 2.36. The van der Waals surface area contributed by atoms with Gasteiger partial charge in [-0.15, -0.1) is 0 Å². The Bertz CT molecular complexity index is 271. The average Bonchev–Trinajstić information content (AvgIpc) is 2.18. The molecule has 14 heavy (non-hydrogen) atoms. The maximum absolute atomic E-state index is 10.0. The van der Waals surface area contributed by atoms with Crippen LogP contribution in [0.3, 0.4) is 0 Å². The Kier molecular flexibility index (Phi) is 4.15. The van der Waals surface area contributed by atoms with Gasteiger partial charge >= 0.3 is 0 Å². The monoisotopic (exact) mass is 192 g/mol. The molecule has 1 heteroatoms. The first kappa shape index (κ1) is 11.3. The van der Waals surface area contributed by atoms with Crippen molar-refractivity contribution in [3.63, 3.8) is 0 Å². The number of hydrogen-bond acceptors (Lipinski definition) is 1. The molecule has 0 aromatic rings. The van der Waals surface area contributed by atoms with E-state index in [0.717, 1.165) is 18.4 Å². The molecule has 1 rings (SSSR count). The Hall–Kier alpha value is -0.820. The number of rotatable bonds is 2. The minimum atomic E-state index is -0.286. The summed E-state index contributed by atoms with van der Waals surface area (Å²) in [6, 6.07) is 0. The third-order valence-corrected chi connectivity index (χ3v) is 2.81. The predicted octanol–water partition coefficient (Wildman–Crippen LogP) is 3.23. The lowest BCUT2D eigenvalue weighted by atomic mass is 9.82. The first-order valence-corrected chi connectivity index (χ1v) is 5.37. The van der Waals surface area contributed by atoms with Gasteiger partial charge in [0.05, 0.1) is 6.10 Å². The van der Waals surface area contributed by atoms with Gasteiger partial charge in [-0.05, 0) is 43.8 Å². The molecule has 0 fully saturated rings. The van der Waals surface area contributed by atoms with E-state index in [1.54, 1.807) is 0 Å². The summed E-state index contributed by atoms with van der Waals surface area (Å²) in [6.45, 7) is 6.12. The van der Waals surface area contributed by atoms with Gasteiger partial charge in [0.25, 0.3) is 0 Å². The first-order valence-electron chi connectivity index (χ1n) is 5.37. The van der Waals surface area contributed by atoms with Crippen LogP contribution in [0, 0.1) is 5.92 Å². The van der Waals surface area contributed by atoms with E-state index in [4.69, 9.17) is 0 Å². The minimum Gasteiger partial charge on any atom is -0.388 e. The topological polar surface area (TPSA) is 20.2 Å². The van der Waals surface area contributed by atoms with E-state index < -0.39 is 0 Å². The van der Waals surface area contributed by atoms with Gasteiger partial charge in [0.2, 0.25) is 0 Å². The molecular formula is C13H20O. The molecule has 0 amide bonds. The van der Waals surface area contributed by atoms with Gasteiger partial charge in [-0.2, -0.15) is 0 Å². The molecule has 1 aliphatic rings. The summed E-state index contributed by atoms with van der Waals surface area (Å²) in [7, 11) is 0. The van der Waals surface area contributed by atoms with Crippen LogP contribution in [0.4, 0.5) is 0 Å². The summed E-state index contributed by atoms with van der Waals surface area (Å²) < 4.78 is 0. The van der Waals surface area contributed by atoms with Crippen molar-refractivity contribution in [2.24, 2.45) is 5.92 Å². The van der Waals surface area contributed by atoms with E-state index in [1.165, 1.54) is 5.57 Å². The Labute approximate surface area is 86.8 Å². The molecule has 0 radical (unpaired) electrons. The molecule has 1 nitrogen and oxygen atoms in total. The zero-order chi connectivity index (χ0) is 10.6. The lowest BCUT2D eigenvalue weighted by Crippen LogP contribution is -2.24. The molecule has 2 atom stereocenters. The summed E-state index contributed by atoms with van der Waals surface area (Å²) in [5.74, 6) is 0.384. The fourth-order valence-electron chi connectivity index (χ4n) is 1.95. The highest BCUT2D eigenvalue weighted by atomic mass is 16.3. The van der Waals surface area contributed by atoms with Crippen LogP contribution in [-0.4, -0.2) is 11.2 Å². The SMILES string of the molecule is C/C=C\C1=C(/C=C\C)C(O)C(C)CC1. The van der Waals surface area contributed by atoms with Gasteiger partial charge in [-0.3, -0.25) is 0 Å². The maximum Gasteiger partial charge on any atom is 0.0818 e. The van der Waals surface area contributed by atoms with Crippen LogP contribution in [-0.2, 0) is 0 Å². The van der Waals surface area contributed by atoms with Crippen molar-refractivity contribution in [2.45, 2.75) is 39.7 Å². The lowest BCUT2D eigenvalue weighted by Gasteiger charge is -2.27. The second-order valence-corrected chi connectivity index (χ2v) is 3.94. The van der Waals surface area contributed by atoms with Crippen molar-refractivity contribution in [3.8, 4) is 0 Å². The molecule has 0 aliphatic heterocycles. The number of aliphatic hydroxyl groups excluding tert-OH is 1. The highest BCUT2D eigenvalue weighted by Crippen LogP contribution is 2.31. The normalized spacial score (nSPS) is 29.4. The van der Waals surface area contributed by atoms with Crippen LogP contribution in [0.5, 0.6) is 0 Å². The van der Waals surface area contributed by atoms with Gasteiger partial charge in [-0.25, -0.2) is 0 Å². The standard InChI is InChI=1S/C13H20O/c1-4-6-11-9-8-10(3)13(14)12(11)7-5-2/h4-7,10,13-14H,8-9H2,1-3H3/b6-4-,7-5-. The van der Waals surface area contributed by atoms with Crippen LogP contribution >= 0.6 is 0 Å². The molecule has 1 N–H and O–H groups in total. The zero-order valence-electron chi connectivity index (χ0n) is 9.33. The van der Waals surface area contributed by atoms with E-state index in [0.29, 0.717) is 5.92 Å². The molecule has 0 saturated heterocycles. The number of allylic oxidation sites excluding steroid dienone is 4. The summed E-state index contributed by atoms with van der Waals surface area (Å²) in [4.78, 5) is 0. The zero-order valence-corrected chi connectivity index (χ0v) is 9.33. The van der Waals surface area contributed by atoms with Crippen LogP contribution in [0.25, 0.3) is 0 Å². The van der Waals surface area contributed by atoms with Crippen LogP contribution < -0.4 is 0 Å². The second-order valence-electron chi connectivity index (χ2n) is 3.94. The largest absolute Gasteiger partial charge is 0.388 e. The molecule has 0 saturated carbocycles. The molecule has 78 valence electrons. The summed E-state index contributed by atoms with van der Waals surface area (Å²) in [6.07, 6.45) is 10.1. The van der Waals surface area contributed by atoms with Crippen molar-refractivity contribution in [1.82, 2.24) is 0 Å². The third-order valence-electron chi connectivity index (χ3n) is 2.81. The average molecular weight is 192 g/mol. The van der Waals surface area contributed by atoms with Crippen LogP contribution in [0.15, 0.2) is 35.5 Å². The van der Waals surface area contributed by atoms with Crippen molar-refractivity contribution in [2.75, 3.05) is 0 Å². The molecule has 2 unspecified atom stereocenters. The second kappa shape index (κ2) is 5.16. The smallest absolute Gasteiger partial charge is 0.0818 e. The Morgan fingerprint density at radius 2 is 1.86 bits per heavy atom. The minimum absolute atomic E-state index is 0.286. The quantitative estimate of drug-likeness (QED) is 0.712. The molecule has 0 aromatic carbocycles. The van der Waals surface area contributed by atoms with Gasteiger partial charge in [-0.1, -0.05) is 31.2 Å². The van der Waals surface area contributed by atoms with E-state index in [1.807, 2.05) is 32.1 Å². The van der Waals surface area contributed by atoms with E-state index >= 15 is 0 Å². The van der Waals surface area contributed by atoms with E-state index in [2.05, 4.69) is 13.0 Å². The fraction of sp³-hybridized carbons (Fsp3) is 0.538. The summed E-state index contributed by atoms with van der Waals surface area (Å²) in [5.41, 5.74) is 2.39. The van der Waals surface area contributed by atoms with Crippen molar-refractivity contribution in [3.05, 3.63) is 35.5 Å². The lowest BCUT2D eigenvalue weighted by molar-refractivity contribution is 0.140. The van der Waals surface area contributed by atoms with Gasteiger partial charge in [0.1, 0.15) is 0 Å². The van der Waals surface area contributed by atoms with E-state index in [9.17, 15) is 5.11 Å². The van der Waals surface area contributed by atoms with Crippen LogP contribution in [0.2, 0.25) is 0 Å². The fourth-order valence-corrected chi connectivity index (χ4v) is 1.95. The van der Waals surface area contributed by atoms with Gasteiger partial charge < -0.3 is 5.11 Å². The summed E-state index contributed by atoms with van der Waals surface area (Å²) >= 11 is 0. The summed E-state index contributed by atoms with van der Waals surface area (Å²) in [5, 5.41) is 10.0. The number of aliphatic hydroxyl groups is 1. The van der Waals surface area contributed by atoms with Crippen molar-refractivity contribution in [1.29, 1.82) is 0 Å². The van der Waals surface area contributed by atoms with Crippen molar-refractivity contribution >= 4 is 0 Å². The first-order chi connectivity index (χ1) is 6.70. The van der Waals surface area contributed by atoms with Gasteiger partial charge in [0.15, 0.2) is 0 Å². The predicted molar refractivity (Wildman–Crippen MR) is 61.1 cm³/mol. The molecule has 0 bridgehead atoms.